The van der Waals surface area contributed by atoms with Crippen LogP contribution < -0.4 is 0 Å². The Hall–Kier alpha value is -2.62. The predicted molar refractivity (Wildman–Crippen MR) is 190 cm³/mol. The molecule has 1 unspecified atom stereocenters. The van der Waals surface area contributed by atoms with E-state index in [0.717, 1.165) is 89.9 Å². The van der Waals surface area contributed by atoms with Gasteiger partial charge >= 0.3 is 11.9 Å². The lowest BCUT2D eigenvalue weighted by molar-refractivity contribution is -0.150. The molecule has 0 saturated heterocycles. The number of aliphatic carboxylic acids is 1. The van der Waals surface area contributed by atoms with Gasteiger partial charge < -0.3 is 9.84 Å². The third kappa shape index (κ3) is 33.9. The zero-order valence-electron chi connectivity index (χ0n) is 28.4. The van der Waals surface area contributed by atoms with Gasteiger partial charge in [0.1, 0.15) is 6.10 Å². The Bertz CT molecular complexity index is 830. The third-order valence-electron chi connectivity index (χ3n) is 7.44. The molecule has 0 radical (unpaired) electrons. The molecule has 1 N–H and O–H groups in total. The van der Waals surface area contributed by atoms with Gasteiger partial charge in [-0.3, -0.25) is 9.59 Å². The first-order valence-electron chi connectivity index (χ1n) is 17.9. The molecule has 0 aromatic heterocycles. The summed E-state index contributed by atoms with van der Waals surface area (Å²) in [4.78, 5) is 23.2. The molecule has 4 nitrogen and oxygen atoms in total. The molecule has 0 aromatic rings. The van der Waals surface area contributed by atoms with Gasteiger partial charge in [-0.15, -0.1) is 0 Å². The van der Waals surface area contributed by atoms with Crippen LogP contribution in [0.5, 0.6) is 0 Å². The lowest BCUT2D eigenvalue weighted by atomic mass is 10.0. The van der Waals surface area contributed by atoms with E-state index in [4.69, 9.17) is 9.84 Å². The SMILES string of the molecule is CC/C=C\C/C=C\C/C=C\C/C=C\C/C=C\C/C=C\CCCCC(=O)OC(CCCCCCCCC)CCCCCC(=O)O. The normalized spacial score (nSPS) is 13.1. The van der Waals surface area contributed by atoms with Crippen LogP contribution in [-0.4, -0.2) is 23.1 Å². The van der Waals surface area contributed by atoms with Gasteiger partial charge in [0.15, 0.2) is 0 Å². The van der Waals surface area contributed by atoms with E-state index in [2.05, 4.69) is 86.8 Å². The number of esters is 1. The summed E-state index contributed by atoms with van der Waals surface area (Å²) in [6.45, 7) is 4.39. The van der Waals surface area contributed by atoms with Gasteiger partial charge in [0.05, 0.1) is 0 Å². The molecule has 0 aliphatic heterocycles. The first kappa shape index (κ1) is 41.4. The number of unbranched alkanes of at least 4 members (excludes halogenated alkanes) is 10. The van der Waals surface area contributed by atoms with Crippen molar-refractivity contribution in [3.8, 4) is 0 Å². The van der Waals surface area contributed by atoms with E-state index in [0.29, 0.717) is 12.8 Å². The molecule has 0 rings (SSSR count). The molecule has 250 valence electrons. The number of carboxylic acids is 1. The molecular formula is C40H66O4. The quantitative estimate of drug-likeness (QED) is 0.0482. The molecule has 0 amide bonds. The summed E-state index contributed by atoms with van der Waals surface area (Å²) in [5.41, 5.74) is 0. The summed E-state index contributed by atoms with van der Waals surface area (Å²) in [6, 6.07) is 0. The smallest absolute Gasteiger partial charge is 0.306 e. The fourth-order valence-corrected chi connectivity index (χ4v) is 4.83. The number of allylic oxidation sites excluding steroid dienone is 12. The van der Waals surface area contributed by atoms with Crippen LogP contribution in [0.4, 0.5) is 0 Å². The maximum atomic E-state index is 12.5. The highest BCUT2D eigenvalue weighted by Crippen LogP contribution is 2.18. The summed E-state index contributed by atoms with van der Waals surface area (Å²) >= 11 is 0. The van der Waals surface area contributed by atoms with Gasteiger partial charge in [-0.2, -0.15) is 0 Å². The van der Waals surface area contributed by atoms with Crippen LogP contribution in [0.1, 0.15) is 162 Å². The maximum absolute atomic E-state index is 12.5. The molecule has 0 aliphatic rings. The Morgan fingerprint density at radius 3 is 1.45 bits per heavy atom. The zero-order chi connectivity index (χ0) is 32.2. The standard InChI is InChI=1S/C40H66O4/c1-3-5-7-9-11-12-13-14-15-16-17-18-19-20-21-22-23-24-26-28-33-37-40(43)44-38(35-31-29-32-36-39(41)42)34-30-27-25-10-8-6-4-2/h5,7,11-12,14-15,17-18,20-21,23-24,38H,3-4,6,8-10,13,16,19,22,25-37H2,1-2H3,(H,41,42)/b7-5-,12-11-,15-14-,18-17-,21-20-,24-23-. The van der Waals surface area contributed by atoms with Crippen molar-refractivity contribution in [2.24, 2.45) is 0 Å². The summed E-state index contributed by atoms with van der Waals surface area (Å²) < 4.78 is 5.87. The highest BCUT2D eigenvalue weighted by atomic mass is 16.5. The number of ether oxygens (including phenoxy) is 1. The van der Waals surface area contributed by atoms with Crippen molar-refractivity contribution in [1.82, 2.24) is 0 Å². The highest BCUT2D eigenvalue weighted by molar-refractivity contribution is 5.69. The summed E-state index contributed by atoms with van der Waals surface area (Å²) in [6.07, 6.45) is 49.1. The average molecular weight is 611 g/mol. The highest BCUT2D eigenvalue weighted by Gasteiger charge is 2.14. The van der Waals surface area contributed by atoms with Crippen LogP contribution in [0.25, 0.3) is 0 Å². The van der Waals surface area contributed by atoms with Crippen molar-refractivity contribution in [3.05, 3.63) is 72.9 Å². The molecule has 0 fully saturated rings. The Balaban J connectivity index is 4.00. The molecule has 0 aliphatic carbocycles. The van der Waals surface area contributed by atoms with Crippen LogP contribution in [0.15, 0.2) is 72.9 Å². The summed E-state index contributed by atoms with van der Waals surface area (Å²) in [7, 11) is 0. The maximum Gasteiger partial charge on any atom is 0.306 e. The van der Waals surface area contributed by atoms with E-state index >= 15 is 0 Å². The minimum Gasteiger partial charge on any atom is -0.481 e. The van der Waals surface area contributed by atoms with E-state index in [1.54, 1.807) is 0 Å². The van der Waals surface area contributed by atoms with Crippen molar-refractivity contribution in [2.45, 2.75) is 168 Å². The van der Waals surface area contributed by atoms with Gasteiger partial charge in [0.2, 0.25) is 0 Å². The number of hydrogen-bond donors (Lipinski definition) is 1. The van der Waals surface area contributed by atoms with Crippen LogP contribution in [0.2, 0.25) is 0 Å². The van der Waals surface area contributed by atoms with Crippen molar-refractivity contribution in [2.75, 3.05) is 0 Å². The Labute approximate surface area is 271 Å². The monoisotopic (exact) mass is 610 g/mol. The van der Waals surface area contributed by atoms with Gasteiger partial charge in [-0.1, -0.05) is 132 Å². The Kier molecular flexibility index (Phi) is 32.8. The number of hydrogen-bond acceptors (Lipinski definition) is 3. The molecular weight excluding hydrogens is 544 g/mol. The van der Waals surface area contributed by atoms with Crippen molar-refractivity contribution in [3.63, 3.8) is 0 Å². The van der Waals surface area contributed by atoms with Crippen molar-refractivity contribution < 1.29 is 19.4 Å². The van der Waals surface area contributed by atoms with Crippen LogP contribution in [0, 0.1) is 0 Å². The number of carbonyl (C=O) groups excluding carboxylic acids is 1. The Morgan fingerprint density at radius 1 is 0.523 bits per heavy atom. The van der Waals surface area contributed by atoms with Crippen LogP contribution in [0.3, 0.4) is 0 Å². The number of rotatable bonds is 31. The van der Waals surface area contributed by atoms with E-state index in [1.165, 1.54) is 38.5 Å². The second kappa shape index (κ2) is 34.9. The molecule has 44 heavy (non-hydrogen) atoms. The van der Waals surface area contributed by atoms with Crippen LogP contribution in [-0.2, 0) is 14.3 Å². The number of carboxylic acid groups (broad SMARTS) is 1. The zero-order valence-corrected chi connectivity index (χ0v) is 28.4. The largest absolute Gasteiger partial charge is 0.481 e. The minimum absolute atomic E-state index is 0.0219. The fourth-order valence-electron chi connectivity index (χ4n) is 4.83. The molecule has 0 heterocycles. The lowest BCUT2D eigenvalue weighted by Crippen LogP contribution is -2.18. The molecule has 0 spiro atoms. The first-order chi connectivity index (χ1) is 21.6. The first-order valence-corrected chi connectivity index (χ1v) is 17.9. The van der Waals surface area contributed by atoms with Crippen molar-refractivity contribution in [1.29, 1.82) is 0 Å². The molecule has 0 bridgehead atoms. The van der Waals surface area contributed by atoms with Gasteiger partial charge in [0, 0.05) is 12.8 Å². The second-order valence-corrected chi connectivity index (χ2v) is 11.7. The molecule has 0 aromatic carbocycles. The van der Waals surface area contributed by atoms with Gasteiger partial charge in [-0.05, 0) is 89.9 Å². The second-order valence-electron chi connectivity index (χ2n) is 11.7. The summed E-state index contributed by atoms with van der Waals surface area (Å²) in [5, 5.41) is 8.84. The predicted octanol–water partition coefficient (Wildman–Crippen LogP) is 12.3. The third-order valence-corrected chi connectivity index (χ3v) is 7.44. The van der Waals surface area contributed by atoms with E-state index in [1.807, 2.05) is 0 Å². The Morgan fingerprint density at radius 2 is 0.955 bits per heavy atom. The minimum atomic E-state index is -0.736. The molecule has 4 heteroatoms. The molecule has 0 saturated carbocycles. The van der Waals surface area contributed by atoms with Crippen LogP contribution >= 0.6 is 0 Å². The molecule has 1 atom stereocenters. The van der Waals surface area contributed by atoms with Gasteiger partial charge in [-0.25, -0.2) is 0 Å². The van der Waals surface area contributed by atoms with E-state index < -0.39 is 5.97 Å². The number of carbonyl (C=O) groups is 2. The lowest BCUT2D eigenvalue weighted by Gasteiger charge is -2.18. The average Bonchev–Trinajstić information content (AvgIpc) is 3.00. The van der Waals surface area contributed by atoms with E-state index in [-0.39, 0.29) is 18.5 Å². The van der Waals surface area contributed by atoms with Crippen molar-refractivity contribution >= 4 is 11.9 Å². The summed E-state index contributed by atoms with van der Waals surface area (Å²) in [5.74, 6) is -0.814. The van der Waals surface area contributed by atoms with E-state index in [9.17, 15) is 9.59 Å². The fraction of sp³-hybridized carbons (Fsp3) is 0.650. The topological polar surface area (TPSA) is 63.6 Å². The van der Waals surface area contributed by atoms with Gasteiger partial charge in [0.25, 0.3) is 0 Å².